The number of rotatable bonds is 2. The van der Waals surface area contributed by atoms with Gasteiger partial charge in [0.05, 0.1) is 12.7 Å². The van der Waals surface area contributed by atoms with Crippen LogP contribution in [0, 0.1) is 4.77 Å². The van der Waals surface area contributed by atoms with Gasteiger partial charge in [0, 0.05) is 6.20 Å². The summed E-state index contributed by atoms with van der Waals surface area (Å²) in [5.74, 6) is 1.15. The Labute approximate surface area is 96.5 Å². The van der Waals surface area contributed by atoms with Crippen molar-refractivity contribution in [1.82, 2.24) is 19.9 Å². The van der Waals surface area contributed by atoms with Crippen LogP contribution < -0.4 is 10.5 Å². The zero-order valence-corrected chi connectivity index (χ0v) is 9.28. The molecule has 0 amide bonds. The van der Waals surface area contributed by atoms with Gasteiger partial charge in [0.25, 0.3) is 0 Å². The topological polar surface area (TPSA) is 89.7 Å². The first-order chi connectivity index (χ1) is 7.70. The van der Waals surface area contributed by atoms with Gasteiger partial charge >= 0.3 is 0 Å². The first-order valence-corrected chi connectivity index (χ1v) is 4.84. The Balaban J connectivity index is 2.62. The number of aromatic amines is 1. The molecule has 0 saturated carbocycles. The highest BCUT2D eigenvalue weighted by atomic mass is 32.1. The summed E-state index contributed by atoms with van der Waals surface area (Å²) in [5, 5.41) is 0. The van der Waals surface area contributed by atoms with Crippen molar-refractivity contribution in [2.75, 3.05) is 12.8 Å². The number of pyridine rings is 1. The molecule has 0 bridgehead atoms. The fourth-order valence-electron chi connectivity index (χ4n) is 1.26. The minimum Gasteiger partial charge on any atom is -0.480 e. The van der Waals surface area contributed by atoms with E-state index in [1.54, 1.807) is 18.3 Å². The number of nitrogens with zero attached hydrogens (tertiary/aromatic N) is 3. The zero-order chi connectivity index (χ0) is 11.5. The van der Waals surface area contributed by atoms with Crippen molar-refractivity contribution in [2.24, 2.45) is 0 Å². The highest BCUT2D eigenvalue weighted by Gasteiger charge is 2.08. The third-order valence-corrected chi connectivity index (χ3v) is 2.07. The molecular weight excluding hydrogens is 226 g/mol. The molecule has 0 unspecified atom stereocenters. The van der Waals surface area contributed by atoms with E-state index in [0.717, 1.165) is 0 Å². The lowest BCUT2D eigenvalue weighted by Crippen LogP contribution is -2.01. The van der Waals surface area contributed by atoms with Crippen molar-refractivity contribution in [1.29, 1.82) is 0 Å². The van der Waals surface area contributed by atoms with Crippen molar-refractivity contribution in [2.45, 2.75) is 0 Å². The Morgan fingerprint density at radius 1 is 1.44 bits per heavy atom. The van der Waals surface area contributed by atoms with Gasteiger partial charge in [0.1, 0.15) is 5.82 Å². The Morgan fingerprint density at radius 2 is 2.25 bits per heavy atom. The van der Waals surface area contributed by atoms with E-state index in [-0.39, 0.29) is 10.7 Å². The molecule has 0 spiro atoms. The quantitative estimate of drug-likeness (QED) is 0.760. The number of H-pyrrole nitrogens is 1. The number of methoxy groups -OCH3 is 1. The molecule has 2 rings (SSSR count). The van der Waals surface area contributed by atoms with Crippen LogP contribution in [0.5, 0.6) is 5.88 Å². The average Bonchev–Trinajstić information content (AvgIpc) is 2.27. The number of hydrogen-bond donors (Lipinski definition) is 2. The highest BCUT2D eigenvalue weighted by molar-refractivity contribution is 7.71. The van der Waals surface area contributed by atoms with Crippen LogP contribution in [0.15, 0.2) is 18.3 Å². The van der Waals surface area contributed by atoms with Gasteiger partial charge in [-0.05, 0) is 24.4 Å². The molecule has 16 heavy (non-hydrogen) atoms. The molecule has 0 fully saturated rings. The van der Waals surface area contributed by atoms with E-state index >= 15 is 0 Å². The molecule has 0 aliphatic carbocycles. The van der Waals surface area contributed by atoms with Gasteiger partial charge in [0.15, 0.2) is 0 Å². The number of hydrogen-bond acceptors (Lipinski definition) is 6. The Hall–Kier alpha value is -2.02. The number of ether oxygens (including phenoxy) is 1. The molecule has 0 radical (unpaired) electrons. The van der Waals surface area contributed by atoms with Gasteiger partial charge in [-0.1, -0.05) is 0 Å². The van der Waals surface area contributed by atoms with Crippen LogP contribution in [-0.4, -0.2) is 27.0 Å². The molecule has 0 saturated heterocycles. The second-order valence-electron chi connectivity index (χ2n) is 2.93. The van der Waals surface area contributed by atoms with Gasteiger partial charge in [-0.15, -0.1) is 0 Å². The first kappa shape index (κ1) is 10.5. The lowest BCUT2D eigenvalue weighted by atomic mass is 10.2. The van der Waals surface area contributed by atoms with E-state index in [2.05, 4.69) is 19.9 Å². The standard InChI is InChI=1S/C9H9N5OS/c1-15-7-5(3-2-4-11-7)6-12-8(10)14-9(16)13-6/h2-4H,1H3,(H3,10,12,13,14,16). The first-order valence-electron chi connectivity index (χ1n) is 4.44. The second-order valence-corrected chi connectivity index (χ2v) is 3.29. The van der Waals surface area contributed by atoms with Crippen molar-refractivity contribution >= 4 is 18.2 Å². The zero-order valence-electron chi connectivity index (χ0n) is 8.47. The molecule has 82 valence electrons. The van der Waals surface area contributed by atoms with Gasteiger partial charge in [0.2, 0.25) is 16.6 Å². The molecular formula is C9H9N5OS. The summed E-state index contributed by atoms with van der Waals surface area (Å²) in [4.78, 5) is 14.7. The van der Waals surface area contributed by atoms with Crippen LogP contribution in [0.25, 0.3) is 11.4 Å². The summed E-state index contributed by atoms with van der Waals surface area (Å²) in [5.41, 5.74) is 6.24. The molecule has 2 heterocycles. The minimum atomic E-state index is 0.178. The normalized spacial score (nSPS) is 10.1. The van der Waals surface area contributed by atoms with Gasteiger partial charge in [-0.25, -0.2) is 9.97 Å². The summed E-state index contributed by atoms with van der Waals surface area (Å²) in [6, 6.07) is 3.58. The van der Waals surface area contributed by atoms with E-state index < -0.39 is 0 Å². The molecule has 0 aromatic carbocycles. The molecule has 0 aliphatic rings. The summed E-state index contributed by atoms with van der Waals surface area (Å²) < 4.78 is 5.29. The second kappa shape index (κ2) is 4.23. The number of anilines is 1. The predicted molar refractivity (Wildman–Crippen MR) is 61.4 cm³/mol. The van der Waals surface area contributed by atoms with Crippen LogP contribution in [0.4, 0.5) is 5.95 Å². The Morgan fingerprint density at radius 3 is 2.94 bits per heavy atom. The molecule has 0 atom stereocenters. The van der Waals surface area contributed by atoms with Gasteiger partial charge < -0.3 is 15.5 Å². The predicted octanol–water partition coefficient (Wildman–Crippen LogP) is 1.19. The van der Waals surface area contributed by atoms with Crippen molar-refractivity contribution in [3.05, 3.63) is 23.1 Å². The maximum atomic E-state index is 5.55. The summed E-state index contributed by atoms with van der Waals surface area (Å²) >= 11 is 4.88. The number of nitrogen functional groups attached to an aromatic ring is 1. The number of aromatic nitrogens is 4. The lowest BCUT2D eigenvalue weighted by Gasteiger charge is -2.06. The molecule has 7 heteroatoms. The van der Waals surface area contributed by atoms with Crippen molar-refractivity contribution < 1.29 is 4.74 Å². The van der Waals surface area contributed by atoms with E-state index in [0.29, 0.717) is 17.3 Å². The minimum absolute atomic E-state index is 0.178. The van der Waals surface area contributed by atoms with E-state index in [9.17, 15) is 0 Å². The van der Waals surface area contributed by atoms with Crippen LogP contribution in [0.3, 0.4) is 0 Å². The monoisotopic (exact) mass is 235 g/mol. The summed E-state index contributed by atoms with van der Waals surface area (Å²) in [6.07, 6.45) is 1.63. The smallest absolute Gasteiger partial charge is 0.224 e. The van der Waals surface area contributed by atoms with Gasteiger partial charge in [-0.2, -0.15) is 4.98 Å². The molecule has 2 aromatic heterocycles. The number of nitrogens with one attached hydrogen (secondary N) is 1. The highest BCUT2D eigenvalue weighted by Crippen LogP contribution is 2.23. The Bertz CT molecular complexity index is 568. The molecule has 2 aromatic rings. The fourth-order valence-corrected chi connectivity index (χ4v) is 1.45. The lowest BCUT2D eigenvalue weighted by molar-refractivity contribution is 0.399. The number of nitrogens with two attached hydrogens (primary N) is 1. The van der Waals surface area contributed by atoms with Gasteiger partial charge in [-0.3, -0.25) is 0 Å². The molecule has 3 N–H and O–H groups in total. The van der Waals surface area contributed by atoms with Crippen molar-refractivity contribution in [3.8, 4) is 17.3 Å². The maximum Gasteiger partial charge on any atom is 0.224 e. The maximum absolute atomic E-state index is 5.55. The van der Waals surface area contributed by atoms with E-state index in [1.165, 1.54) is 7.11 Å². The van der Waals surface area contributed by atoms with Crippen molar-refractivity contribution in [3.63, 3.8) is 0 Å². The molecule has 0 aliphatic heterocycles. The largest absolute Gasteiger partial charge is 0.480 e. The SMILES string of the molecule is COc1ncccc1-c1nc(=S)nc(N)[nH]1. The van der Waals surface area contributed by atoms with Crippen LogP contribution in [-0.2, 0) is 0 Å². The summed E-state index contributed by atoms with van der Waals surface area (Å²) in [6.45, 7) is 0. The fraction of sp³-hybridized carbons (Fsp3) is 0.111. The third-order valence-electron chi connectivity index (χ3n) is 1.89. The van der Waals surface area contributed by atoms with E-state index in [1.807, 2.05) is 0 Å². The van der Waals surface area contributed by atoms with Crippen LogP contribution in [0.1, 0.15) is 0 Å². The van der Waals surface area contributed by atoms with Crippen LogP contribution >= 0.6 is 12.2 Å². The van der Waals surface area contributed by atoms with Crippen LogP contribution in [0.2, 0.25) is 0 Å². The Kier molecular flexibility index (Phi) is 2.78. The summed E-state index contributed by atoms with van der Waals surface area (Å²) in [7, 11) is 1.53. The third kappa shape index (κ3) is 1.98. The average molecular weight is 235 g/mol. The molecule has 6 nitrogen and oxygen atoms in total. The van der Waals surface area contributed by atoms with E-state index in [4.69, 9.17) is 22.7 Å².